The molecule has 0 aliphatic rings. The fraction of sp³-hybridized carbons (Fsp3) is 0.0667. The first kappa shape index (κ1) is 25.1. The first-order valence-corrected chi connectivity index (χ1v) is 11.6. The summed E-state index contributed by atoms with van der Waals surface area (Å²) in [6.45, 7) is 0. The number of rotatable bonds is 10. The molecule has 0 saturated carbocycles. The third-order valence-corrected chi connectivity index (χ3v) is 5.91. The van der Waals surface area contributed by atoms with E-state index >= 15 is 0 Å². The summed E-state index contributed by atoms with van der Waals surface area (Å²) in [6, 6.07) is 27.7. The smallest absolute Gasteiger partial charge is 0.248 e. The number of carbonyl (C=O) groups excluding carboxylic acids is 4. The van der Waals surface area contributed by atoms with Gasteiger partial charge in [-0.05, 0) is 59.7 Å². The fourth-order valence-corrected chi connectivity index (χ4v) is 3.79. The Hall–Kier alpha value is -5.04. The first-order chi connectivity index (χ1) is 17.8. The highest BCUT2D eigenvalue weighted by molar-refractivity contribution is 6.00. The second-order valence-corrected chi connectivity index (χ2v) is 8.60. The zero-order valence-corrected chi connectivity index (χ0v) is 19.9. The maximum Gasteiger partial charge on any atom is 0.248 e. The number of Topliss-reactive ketones (excluding diaryl/α,β-unsaturated/α-hetero) is 2. The van der Waals surface area contributed by atoms with Crippen molar-refractivity contribution in [3.8, 4) is 0 Å². The van der Waals surface area contributed by atoms with E-state index in [1.54, 1.807) is 48.5 Å². The number of benzene rings is 4. The fourth-order valence-electron chi connectivity index (χ4n) is 3.79. The summed E-state index contributed by atoms with van der Waals surface area (Å²) < 4.78 is 0. The third-order valence-electron chi connectivity index (χ3n) is 5.91. The molecule has 0 aliphatic heterocycles. The zero-order chi connectivity index (χ0) is 26.4. The van der Waals surface area contributed by atoms with Crippen LogP contribution in [0.15, 0.2) is 97.1 Å². The number of nitrogens with two attached hydrogens (primary N) is 2. The van der Waals surface area contributed by atoms with Crippen molar-refractivity contribution >= 4 is 34.8 Å². The number of ketones is 2. The van der Waals surface area contributed by atoms with Gasteiger partial charge in [0.25, 0.3) is 0 Å². The van der Waals surface area contributed by atoms with Crippen molar-refractivity contribution in [3.05, 3.63) is 130 Å². The zero-order valence-electron chi connectivity index (χ0n) is 19.9. The van der Waals surface area contributed by atoms with Crippen molar-refractivity contribution < 1.29 is 19.2 Å². The van der Waals surface area contributed by atoms with E-state index in [4.69, 9.17) is 11.5 Å². The molecular weight excluding hydrogens is 466 g/mol. The molecule has 0 spiro atoms. The average molecular weight is 492 g/mol. The van der Waals surface area contributed by atoms with Crippen LogP contribution in [0.5, 0.6) is 0 Å². The van der Waals surface area contributed by atoms with Crippen LogP contribution in [-0.2, 0) is 12.8 Å². The van der Waals surface area contributed by atoms with Crippen LogP contribution >= 0.6 is 0 Å². The summed E-state index contributed by atoms with van der Waals surface area (Å²) in [5, 5.41) is 3.30. The number of hydrogen-bond donors (Lipinski definition) is 3. The van der Waals surface area contributed by atoms with Gasteiger partial charge in [0.15, 0.2) is 11.6 Å². The number of nitrogens with one attached hydrogen (secondary N) is 1. The van der Waals surface area contributed by atoms with E-state index < -0.39 is 11.8 Å². The van der Waals surface area contributed by atoms with Gasteiger partial charge in [0.1, 0.15) is 0 Å². The van der Waals surface area contributed by atoms with Crippen LogP contribution < -0.4 is 16.8 Å². The molecule has 2 amide bonds. The highest BCUT2D eigenvalue weighted by Crippen LogP contribution is 2.20. The molecule has 5 N–H and O–H groups in total. The molecule has 7 nitrogen and oxygen atoms in total. The largest absolute Gasteiger partial charge is 0.366 e. The van der Waals surface area contributed by atoms with E-state index in [1.165, 1.54) is 0 Å². The van der Waals surface area contributed by atoms with Gasteiger partial charge in [-0.15, -0.1) is 0 Å². The van der Waals surface area contributed by atoms with E-state index in [2.05, 4.69) is 5.32 Å². The Kier molecular flexibility index (Phi) is 7.54. The van der Waals surface area contributed by atoms with Gasteiger partial charge in [-0.25, -0.2) is 0 Å². The molecule has 0 aromatic heterocycles. The van der Waals surface area contributed by atoms with Gasteiger partial charge >= 0.3 is 0 Å². The lowest BCUT2D eigenvalue weighted by Gasteiger charge is -2.09. The van der Waals surface area contributed by atoms with E-state index in [0.29, 0.717) is 22.3 Å². The molecule has 0 atom stereocenters. The van der Waals surface area contributed by atoms with Gasteiger partial charge < -0.3 is 16.8 Å². The Bertz CT molecular complexity index is 1330. The predicted molar refractivity (Wildman–Crippen MR) is 142 cm³/mol. The van der Waals surface area contributed by atoms with E-state index in [-0.39, 0.29) is 24.4 Å². The van der Waals surface area contributed by atoms with Gasteiger partial charge in [0, 0.05) is 46.5 Å². The SMILES string of the molecule is NC(=O)c1ccc(C(=O)Cc2ccc(Nc3ccc(CC(=O)c4ccc(C(N)=O)cc4)cc3)cc2)cc1. The molecule has 4 aromatic carbocycles. The second kappa shape index (κ2) is 11.1. The predicted octanol–water partition coefficient (Wildman–Crippen LogP) is 4.48. The molecule has 4 aromatic rings. The van der Waals surface area contributed by atoms with Crippen molar-refractivity contribution in [2.45, 2.75) is 12.8 Å². The molecule has 184 valence electrons. The minimum Gasteiger partial charge on any atom is -0.366 e. The maximum absolute atomic E-state index is 12.5. The minimum absolute atomic E-state index is 0.0503. The lowest BCUT2D eigenvalue weighted by atomic mass is 10.0. The Balaban J connectivity index is 1.32. The van der Waals surface area contributed by atoms with Crippen molar-refractivity contribution in [2.24, 2.45) is 11.5 Å². The topological polar surface area (TPSA) is 132 Å². The molecule has 0 radical (unpaired) electrons. The Labute approximate surface area is 214 Å². The van der Waals surface area contributed by atoms with Gasteiger partial charge in [-0.1, -0.05) is 48.5 Å². The number of carbonyl (C=O) groups is 4. The van der Waals surface area contributed by atoms with Crippen LogP contribution in [0.4, 0.5) is 11.4 Å². The molecule has 7 heteroatoms. The summed E-state index contributed by atoms with van der Waals surface area (Å²) in [5.74, 6) is -1.16. The quantitative estimate of drug-likeness (QED) is 0.281. The monoisotopic (exact) mass is 491 g/mol. The summed E-state index contributed by atoms with van der Waals surface area (Å²) in [7, 11) is 0. The molecule has 0 saturated heterocycles. The summed E-state index contributed by atoms with van der Waals surface area (Å²) in [5.41, 5.74) is 15.7. The number of hydrogen-bond acceptors (Lipinski definition) is 5. The van der Waals surface area contributed by atoms with E-state index in [0.717, 1.165) is 22.5 Å². The second-order valence-electron chi connectivity index (χ2n) is 8.60. The van der Waals surface area contributed by atoms with E-state index in [9.17, 15) is 19.2 Å². The Morgan fingerprint density at radius 2 is 0.757 bits per heavy atom. The van der Waals surface area contributed by atoms with Crippen LogP contribution in [0.25, 0.3) is 0 Å². The van der Waals surface area contributed by atoms with Gasteiger partial charge in [-0.2, -0.15) is 0 Å². The summed E-state index contributed by atoms with van der Waals surface area (Å²) in [6.07, 6.45) is 0.481. The van der Waals surface area contributed by atoms with Crippen LogP contribution in [0, 0.1) is 0 Å². The molecule has 0 unspecified atom stereocenters. The highest BCUT2D eigenvalue weighted by Gasteiger charge is 2.10. The van der Waals surface area contributed by atoms with Crippen LogP contribution in [0.1, 0.15) is 52.6 Å². The van der Waals surface area contributed by atoms with Gasteiger partial charge in [0.2, 0.25) is 11.8 Å². The number of primary amides is 2. The minimum atomic E-state index is -0.529. The molecule has 0 heterocycles. The first-order valence-electron chi connectivity index (χ1n) is 11.6. The third kappa shape index (κ3) is 6.55. The molecular formula is C30H25N3O4. The van der Waals surface area contributed by atoms with Crippen molar-refractivity contribution in [1.29, 1.82) is 0 Å². The number of anilines is 2. The van der Waals surface area contributed by atoms with Crippen molar-refractivity contribution in [1.82, 2.24) is 0 Å². The molecule has 0 fully saturated rings. The summed E-state index contributed by atoms with van der Waals surface area (Å²) in [4.78, 5) is 47.4. The average Bonchev–Trinajstić information content (AvgIpc) is 2.91. The molecule has 4 rings (SSSR count). The normalized spacial score (nSPS) is 10.5. The Morgan fingerprint density at radius 1 is 0.459 bits per heavy atom. The van der Waals surface area contributed by atoms with Crippen molar-refractivity contribution in [3.63, 3.8) is 0 Å². The van der Waals surface area contributed by atoms with Crippen LogP contribution in [-0.4, -0.2) is 23.4 Å². The highest BCUT2D eigenvalue weighted by atomic mass is 16.1. The van der Waals surface area contributed by atoms with Gasteiger partial charge in [0.05, 0.1) is 0 Å². The lowest BCUT2D eigenvalue weighted by molar-refractivity contribution is 0.0983. The Morgan fingerprint density at radius 3 is 1.05 bits per heavy atom. The van der Waals surface area contributed by atoms with Crippen LogP contribution in [0.3, 0.4) is 0 Å². The molecule has 37 heavy (non-hydrogen) atoms. The van der Waals surface area contributed by atoms with Gasteiger partial charge in [-0.3, -0.25) is 19.2 Å². The molecule has 0 aliphatic carbocycles. The standard InChI is InChI=1S/C30H25N3O4/c31-29(36)23-9-5-21(6-10-23)27(34)17-19-1-13-25(14-2-19)33-26-15-3-20(4-16-26)18-28(35)22-7-11-24(12-8-22)30(32)37/h1-16,33H,17-18H2,(H2,31,36)(H2,32,37). The molecule has 0 bridgehead atoms. The lowest BCUT2D eigenvalue weighted by Crippen LogP contribution is -2.11. The van der Waals surface area contributed by atoms with Crippen LogP contribution in [0.2, 0.25) is 0 Å². The summed E-state index contributed by atoms with van der Waals surface area (Å²) >= 11 is 0. The number of amides is 2. The maximum atomic E-state index is 12.5. The van der Waals surface area contributed by atoms with E-state index in [1.807, 2.05) is 48.5 Å². The van der Waals surface area contributed by atoms with Crippen molar-refractivity contribution in [2.75, 3.05) is 5.32 Å².